The molecule has 0 aliphatic rings. The summed E-state index contributed by atoms with van der Waals surface area (Å²) in [6, 6.07) is 11.3. The largest absolute Gasteiger partial charge is 0.497 e. The molecule has 1 N–H and O–H groups in total. The highest BCUT2D eigenvalue weighted by Gasteiger charge is 2.17. The van der Waals surface area contributed by atoms with Crippen LogP contribution in [0.15, 0.2) is 47.1 Å². The first-order chi connectivity index (χ1) is 10.6. The Labute approximate surface area is 130 Å². The molecule has 1 aromatic heterocycles. The van der Waals surface area contributed by atoms with Gasteiger partial charge in [-0.2, -0.15) is 0 Å². The third kappa shape index (κ3) is 4.36. The van der Waals surface area contributed by atoms with Gasteiger partial charge in [-0.3, -0.25) is 9.69 Å². The molecule has 0 bridgehead atoms. The van der Waals surface area contributed by atoms with Crippen LogP contribution < -0.4 is 10.1 Å². The Kier molecular flexibility index (Phi) is 5.61. The van der Waals surface area contributed by atoms with Crippen LogP contribution >= 0.6 is 0 Å². The van der Waals surface area contributed by atoms with Gasteiger partial charge in [0.1, 0.15) is 11.5 Å². The number of carbonyl (C=O) groups is 1. The zero-order valence-electron chi connectivity index (χ0n) is 13.2. The van der Waals surface area contributed by atoms with E-state index in [0.29, 0.717) is 13.0 Å². The number of hydrogen-bond donors (Lipinski definition) is 1. The number of nitrogens with zero attached hydrogens (tertiary/aromatic N) is 1. The van der Waals surface area contributed by atoms with Gasteiger partial charge in [-0.25, -0.2) is 0 Å². The lowest BCUT2D eigenvalue weighted by atomic mass is 10.1. The van der Waals surface area contributed by atoms with E-state index in [1.54, 1.807) is 13.4 Å². The van der Waals surface area contributed by atoms with Crippen molar-refractivity contribution >= 4 is 5.91 Å². The second-order valence-electron chi connectivity index (χ2n) is 5.33. The summed E-state index contributed by atoms with van der Waals surface area (Å²) in [4.78, 5) is 14.1. The van der Waals surface area contributed by atoms with Crippen molar-refractivity contribution in [2.24, 2.45) is 0 Å². The summed E-state index contributed by atoms with van der Waals surface area (Å²) in [5, 5.41) is 2.96. The molecular formula is C17H22N2O3. The maximum absolute atomic E-state index is 12.1. The molecule has 0 unspecified atom stereocenters. The summed E-state index contributed by atoms with van der Waals surface area (Å²) >= 11 is 0. The van der Waals surface area contributed by atoms with Crippen LogP contribution in [-0.4, -0.2) is 38.6 Å². The molecule has 1 amide bonds. The molecule has 0 spiro atoms. The first kappa shape index (κ1) is 16.1. The van der Waals surface area contributed by atoms with E-state index >= 15 is 0 Å². The maximum Gasteiger partial charge on any atom is 0.224 e. The normalized spacial score (nSPS) is 12.2. The SMILES string of the molecule is COc1cccc(CC(=O)NC[C@H](c2ccco2)N(C)C)c1. The maximum atomic E-state index is 12.1. The monoisotopic (exact) mass is 302 g/mol. The van der Waals surface area contributed by atoms with E-state index in [0.717, 1.165) is 17.1 Å². The second-order valence-corrected chi connectivity index (χ2v) is 5.33. The Morgan fingerprint density at radius 1 is 1.32 bits per heavy atom. The quantitative estimate of drug-likeness (QED) is 0.852. The second kappa shape index (κ2) is 7.66. The minimum atomic E-state index is -0.0216. The summed E-state index contributed by atoms with van der Waals surface area (Å²) in [5.41, 5.74) is 0.927. The molecule has 2 rings (SSSR count). The fourth-order valence-electron chi connectivity index (χ4n) is 2.26. The summed E-state index contributed by atoms with van der Waals surface area (Å²) in [7, 11) is 5.53. The van der Waals surface area contributed by atoms with E-state index in [4.69, 9.17) is 9.15 Å². The van der Waals surface area contributed by atoms with Gasteiger partial charge >= 0.3 is 0 Å². The summed E-state index contributed by atoms with van der Waals surface area (Å²) in [5.74, 6) is 1.57. The lowest BCUT2D eigenvalue weighted by Crippen LogP contribution is -2.35. The predicted octanol–water partition coefficient (Wildman–Crippen LogP) is 2.25. The minimum Gasteiger partial charge on any atom is -0.497 e. The van der Waals surface area contributed by atoms with E-state index in [9.17, 15) is 4.79 Å². The minimum absolute atomic E-state index is 0.0178. The van der Waals surface area contributed by atoms with Crippen molar-refractivity contribution < 1.29 is 13.9 Å². The molecule has 5 nitrogen and oxygen atoms in total. The fourth-order valence-corrected chi connectivity index (χ4v) is 2.26. The van der Waals surface area contributed by atoms with E-state index in [-0.39, 0.29) is 11.9 Å². The first-order valence-electron chi connectivity index (χ1n) is 7.19. The topological polar surface area (TPSA) is 54.7 Å². The van der Waals surface area contributed by atoms with Gasteiger partial charge in [0.25, 0.3) is 0 Å². The fraction of sp³-hybridized carbons (Fsp3) is 0.353. The van der Waals surface area contributed by atoms with Gasteiger partial charge in [-0.05, 0) is 43.9 Å². The number of hydrogen-bond acceptors (Lipinski definition) is 4. The van der Waals surface area contributed by atoms with Gasteiger partial charge in [-0.1, -0.05) is 12.1 Å². The van der Waals surface area contributed by atoms with Crippen LogP contribution in [0.1, 0.15) is 17.4 Å². The molecule has 5 heteroatoms. The van der Waals surface area contributed by atoms with Crippen LogP contribution in [0, 0.1) is 0 Å². The first-order valence-corrected chi connectivity index (χ1v) is 7.19. The molecule has 2 aromatic rings. The van der Waals surface area contributed by atoms with Crippen LogP contribution in [-0.2, 0) is 11.2 Å². The number of ether oxygens (including phenoxy) is 1. The van der Waals surface area contributed by atoms with Crippen molar-refractivity contribution in [3.05, 3.63) is 54.0 Å². The molecule has 22 heavy (non-hydrogen) atoms. The standard InChI is InChI=1S/C17H22N2O3/c1-19(2)15(16-8-5-9-22-16)12-18-17(20)11-13-6-4-7-14(10-13)21-3/h4-10,15H,11-12H2,1-3H3,(H,18,20)/t15-/m1/s1. The van der Waals surface area contributed by atoms with Crippen LogP contribution in [0.5, 0.6) is 5.75 Å². The number of furan rings is 1. The summed E-state index contributed by atoms with van der Waals surface area (Å²) in [6.45, 7) is 0.503. The molecule has 118 valence electrons. The molecule has 1 heterocycles. The van der Waals surface area contributed by atoms with Gasteiger partial charge < -0.3 is 14.5 Å². The molecular weight excluding hydrogens is 280 g/mol. The Hall–Kier alpha value is -2.27. The predicted molar refractivity (Wildman–Crippen MR) is 84.8 cm³/mol. The number of rotatable bonds is 7. The van der Waals surface area contributed by atoms with Crippen LogP contribution in [0.3, 0.4) is 0 Å². The van der Waals surface area contributed by atoms with E-state index < -0.39 is 0 Å². The van der Waals surface area contributed by atoms with Gasteiger partial charge in [0.05, 0.1) is 25.8 Å². The van der Waals surface area contributed by atoms with Crippen molar-refractivity contribution in [1.82, 2.24) is 10.2 Å². The summed E-state index contributed by atoms with van der Waals surface area (Å²) in [6.07, 6.45) is 1.97. The third-order valence-corrected chi connectivity index (χ3v) is 3.49. The van der Waals surface area contributed by atoms with Crippen molar-refractivity contribution in [1.29, 1.82) is 0 Å². The molecule has 0 aliphatic carbocycles. The lowest BCUT2D eigenvalue weighted by molar-refractivity contribution is -0.120. The zero-order valence-corrected chi connectivity index (χ0v) is 13.2. The highest BCUT2D eigenvalue weighted by atomic mass is 16.5. The molecule has 0 saturated heterocycles. The zero-order chi connectivity index (χ0) is 15.9. The van der Waals surface area contributed by atoms with Crippen LogP contribution in [0.4, 0.5) is 0 Å². The third-order valence-electron chi connectivity index (χ3n) is 3.49. The number of likely N-dealkylation sites (N-methyl/N-ethyl adjacent to an activating group) is 1. The number of amides is 1. The highest BCUT2D eigenvalue weighted by Crippen LogP contribution is 2.18. The molecule has 0 fully saturated rings. The molecule has 0 aliphatic heterocycles. The smallest absolute Gasteiger partial charge is 0.224 e. The van der Waals surface area contributed by atoms with Crippen LogP contribution in [0.2, 0.25) is 0 Å². The Morgan fingerprint density at radius 3 is 2.77 bits per heavy atom. The Balaban J connectivity index is 1.91. The van der Waals surface area contributed by atoms with Crippen molar-refractivity contribution in [2.75, 3.05) is 27.7 Å². The van der Waals surface area contributed by atoms with E-state index in [1.807, 2.05) is 55.4 Å². The molecule has 1 aromatic carbocycles. The number of benzene rings is 1. The van der Waals surface area contributed by atoms with Crippen molar-refractivity contribution in [3.8, 4) is 5.75 Å². The van der Waals surface area contributed by atoms with Crippen LogP contribution in [0.25, 0.3) is 0 Å². The lowest BCUT2D eigenvalue weighted by Gasteiger charge is -2.22. The average Bonchev–Trinajstić information content (AvgIpc) is 3.01. The molecule has 1 atom stereocenters. The van der Waals surface area contributed by atoms with Gasteiger partial charge in [0.2, 0.25) is 5.91 Å². The molecule has 0 saturated carbocycles. The molecule has 0 radical (unpaired) electrons. The van der Waals surface area contributed by atoms with Crippen molar-refractivity contribution in [2.45, 2.75) is 12.5 Å². The summed E-state index contributed by atoms with van der Waals surface area (Å²) < 4.78 is 10.6. The number of methoxy groups -OCH3 is 1. The van der Waals surface area contributed by atoms with E-state index in [1.165, 1.54) is 0 Å². The highest BCUT2D eigenvalue weighted by molar-refractivity contribution is 5.78. The average molecular weight is 302 g/mol. The van der Waals surface area contributed by atoms with Gasteiger partial charge in [-0.15, -0.1) is 0 Å². The van der Waals surface area contributed by atoms with E-state index in [2.05, 4.69) is 5.32 Å². The Morgan fingerprint density at radius 2 is 2.14 bits per heavy atom. The van der Waals surface area contributed by atoms with Gasteiger partial charge in [0, 0.05) is 6.54 Å². The Bertz CT molecular complexity index is 594. The van der Waals surface area contributed by atoms with Gasteiger partial charge in [0.15, 0.2) is 0 Å². The number of carbonyl (C=O) groups excluding carboxylic acids is 1. The van der Waals surface area contributed by atoms with Crippen molar-refractivity contribution in [3.63, 3.8) is 0 Å². The number of nitrogens with one attached hydrogen (secondary N) is 1.